The van der Waals surface area contributed by atoms with Crippen molar-refractivity contribution < 1.29 is 14.4 Å². The summed E-state index contributed by atoms with van der Waals surface area (Å²) in [7, 11) is 1.66. The largest absolute Gasteiger partial charge is 0.497 e. The van der Waals surface area contributed by atoms with Crippen LogP contribution in [0, 0.1) is 6.92 Å². The Balaban J connectivity index is 1.35. The summed E-state index contributed by atoms with van der Waals surface area (Å²) in [5.41, 5.74) is 3.61. The van der Waals surface area contributed by atoms with Crippen molar-refractivity contribution in [1.82, 2.24) is 4.90 Å². The number of ether oxygens (including phenoxy) is 1. The van der Waals surface area contributed by atoms with Crippen molar-refractivity contribution >= 4 is 17.4 Å². The second-order valence-electron chi connectivity index (χ2n) is 7.51. The highest BCUT2D eigenvalue weighted by molar-refractivity contribution is 6.02. The van der Waals surface area contributed by atoms with E-state index in [9.17, 15) is 4.79 Å². The first kappa shape index (κ1) is 18.3. The third-order valence-electron chi connectivity index (χ3n) is 5.47. The van der Waals surface area contributed by atoms with Gasteiger partial charge >= 0.3 is 6.03 Å². The summed E-state index contributed by atoms with van der Waals surface area (Å²) in [6, 6.07) is 15.6. The molecule has 0 atom stereocenters. The van der Waals surface area contributed by atoms with Crippen molar-refractivity contribution in [3.63, 3.8) is 0 Å². The molecule has 6 heteroatoms. The molecule has 2 aliphatic heterocycles. The molecule has 1 saturated heterocycles. The summed E-state index contributed by atoms with van der Waals surface area (Å²) in [5.74, 6) is 0.809. The number of hydrogen-bond acceptors (Lipinski definition) is 4. The highest BCUT2D eigenvalue weighted by Gasteiger charge is 2.43. The molecular formula is C22H25N3O3. The maximum absolute atomic E-state index is 12.6. The van der Waals surface area contributed by atoms with E-state index in [0.717, 1.165) is 47.5 Å². The van der Waals surface area contributed by atoms with Gasteiger partial charge in [-0.25, -0.2) is 4.79 Å². The zero-order valence-corrected chi connectivity index (χ0v) is 16.3. The van der Waals surface area contributed by atoms with E-state index < -0.39 is 0 Å². The Morgan fingerprint density at radius 2 is 1.96 bits per heavy atom. The van der Waals surface area contributed by atoms with Crippen LogP contribution in [-0.2, 0) is 4.84 Å². The maximum atomic E-state index is 12.6. The molecule has 0 unspecified atom stereocenters. The molecule has 28 heavy (non-hydrogen) atoms. The first-order valence-electron chi connectivity index (χ1n) is 9.59. The van der Waals surface area contributed by atoms with Crippen LogP contribution in [0.4, 0.5) is 10.5 Å². The van der Waals surface area contributed by atoms with Crippen LogP contribution in [0.1, 0.15) is 30.4 Å². The average Bonchev–Trinajstić information content (AvgIpc) is 3.12. The number of carbonyl (C=O) groups is 1. The molecule has 0 aliphatic carbocycles. The first-order valence-corrected chi connectivity index (χ1v) is 9.59. The highest BCUT2D eigenvalue weighted by atomic mass is 16.7. The Labute approximate surface area is 165 Å². The smallest absolute Gasteiger partial charge is 0.321 e. The van der Waals surface area contributed by atoms with Crippen molar-refractivity contribution in [3.05, 3.63) is 59.7 Å². The number of nitrogens with zero attached hydrogens (tertiary/aromatic N) is 2. The van der Waals surface area contributed by atoms with Crippen LogP contribution in [0.25, 0.3) is 0 Å². The number of piperidine rings is 1. The molecule has 1 N–H and O–H groups in total. The Kier molecular flexibility index (Phi) is 4.94. The van der Waals surface area contributed by atoms with Crippen LogP contribution in [0.5, 0.6) is 5.75 Å². The number of aryl methyl sites for hydroxylation is 1. The summed E-state index contributed by atoms with van der Waals surface area (Å²) in [4.78, 5) is 20.3. The lowest BCUT2D eigenvalue weighted by atomic mass is 9.85. The molecule has 6 nitrogen and oxygen atoms in total. The molecule has 2 aromatic rings. The standard InChI is InChI=1S/C22H25N3O3/c1-16-5-3-7-18(13-16)23-21(26)25-11-9-22(10-12-25)15-20(24-28-22)17-6-4-8-19(14-17)27-2/h3-8,13-14H,9-12,15H2,1-2H3,(H,23,26). The number of hydrogen-bond donors (Lipinski definition) is 1. The molecule has 0 saturated carbocycles. The van der Waals surface area contributed by atoms with Gasteiger partial charge < -0.3 is 19.8 Å². The first-order chi connectivity index (χ1) is 13.6. The monoisotopic (exact) mass is 379 g/mol. The van der Waals surface area contributed by atoms with Gasteiger partial charge in [0.05, 0.1) is 12.8 Å². The van der Waals surface area contributed by atoms with Gasteiger partial charge in [-0.2, -0.15) is 0 Å². The van der Waals surface area contributed by atoms with Gasteiger partial charge in [0.15, 0.2) is 0 Å². The van der Waals surface area contributed by atoms with Crippen molar-refractivity contribution in [2.75, 3.05) is 25.5 Å². The predicted octanol–water partition coefficient (Wildman–Crippen LogP) is 4.19. The molecule has 146 valence electrons. The fraction of sp³-hybridized carbons (Fsp3) is 0.364. The van der Waals surface area contributed by atoms with E-state index in [-0.39, 0.29) is 11.6 Å². The lowest BCUT2D eigenvalue weighted by Gasteiger charge is -2.37. The van der Waals surface area contributed by atoms with Crippen LogP contribution >= 0.6 is 0 Å². The maximum Gasteiger partial charge on any atom is 0.321 e. The highest BCUT2D eigenvalue weighted by Crippen LogP contribution is 2.36. The molecule has 0 radical (unpaired) electrons. The van der Waals surface area contributed by atoms with Gasteiger partial charge in [0, 0.05) is 43.6 Å². The van der Waals surface area contributed by atoms with Crippen LogP contribution in [0.2, 0.25) is 0 Å². The molecule has 0 aromatic heterocycles. The Hall–Kier alpha value is -3.02. The number of nitrogens with one attached hydrogen (secondary N) is 1. The number of amides is 2. The molecule has 2 amide bonds. The molecule has 2 aromatic carbocycles. The van der Waals surface area contributed by atoms with Crippen LogP contribution in [0.3, 0.4) is 0 Å². The van der Waals surface area contributed by atoms with E-state index in [4.69, 9.17) is 9.57 Å². The SMILES string of the molecule is COc1cccc(C2=NOC3(CCN(C(=O)Nc4cccc(C)c4)CC3)C2)c1. The summed E-state index contributed by atoms with van der Waals surface area (Å²) in [6.07, 6.45) is 2.30. The van der Waals surface area contributed by atoms with Gasteiger partial charge in [0.2, 0.25) is 0 Å². The summed E-state index contributed by atoms with van der Waals surface area (Å²) >= 11 is 0. The topological polar surface area (TPSA) is 63.2 Å². The fourth-order valence-corrected chi connectivity index (χ4v) is 3.79. The van der Waals surface area contributed by atoms with Gasteiger partial charge in [-0.15, -0.1) is 0 Å². The van der Waals surface area contributed by atoms with Crippen molar-refractivity contribution in [1.29, 1.82) is 0 Å². The lowest BCUT2D eigenvalue weighted by Crippen LogP contribution is -2.48. The van der Waals surface area contributed by atoms with Gasteiger partial charge in [-0.3, -0.25) is 0 Å². The quantitative estimate of drug-likeness (QED) is 0.870. The zero-order valence-electron chi connectivity index (χ0n) is 16.3. The third-order valence-corrected chi connectivity index (χ3v) is 5.47. The molecule has 1 fully saturated rings. The summed E-state index contributed by atoms with van der Waals surface area (Å²) in [5, 5.41) is 7.33. The number of carbonyl (C=O) groups excluding carboxylic acids is 1. The van der Waals surface area contributed by atoms with Gasteiger partial charge in [-0.05, 0) is 36.8 Å². The molecular weight excluding hydrogens is 354 g/mol. The van der Waals surface area contributed by atoms with Crippen LogP contribution < -0.4 is 10.1 Å². The Bertz CT molecular complexity index is 901. The van der Waals surface area contributed by atoms with Crippen molar-refractivity contribution in [2.24, 2.45) is 5.16 Å². The van der Waals surface area contributed by atoms with E-state index in [1.54, 1.807) is 7.11 Å². The number of urea groups is 1. The van der Waals surface area contributed by atoms with Gasteiger partial charge in [0.1, 0.15) is 11.4 Å². The van der Waals surface area contributed by atoms with E-state index >= 15 is 0 Å². The van der Waals surface area contributed by atoms with Gasteiger partial charge in [0.25, 0.3) is 0 Å². The van der Waals surface area contributed by atoms with Gasteiger partial charge in [-0.1, -0.05) is 29.4 Å². The van der Waals surface area contributed by atoms with Crippen LogP contribution in [0.15, 0.2) is 53.7 Å². The molecule has 4 rings (SSSR count). The van der Waals surface area contributed by atoms with E-state index in [1.807, 2.05) is 60.4 Å². The molecule has 1 spiro atoms. The molecule has 2 aliphatic rings. The summed E-state index contributed by atoms with van der Waals surface area (Å²) < 4.78 is 5.30. The normalized spacial score (nSPS) is 17.8. The van der Waals surface area contributed by atoms with Crippen LogP contribution in [-0.4, -0.2) is 42.4 Å². The second-order valence-corrected chi connectivity index (χ2v) is 7.51. The van der Waals surface area contributed by atoms with Crippen molar-refractivity contribution in [2.45, 2.75) is 31.8 Å². The Morgan fingerprint density at radius 1 is 1.18 bits per heavy atom. The minimum atomic E-state index is -0.307. The number of benzene rings is 2. The zero-order chi connectivity index (χ0) is 19.6. The van der Waals surface area contributed by atoms with E-state index in [2.05, 4.69) is 10.5 Å². The third kappa shape index (κ3) is 3.81. The minimum Gasteiger partial charge on any atom is -0.497 e. The summed E-state index contributed by atoms with van der Waals surface area (Å²) in [6.45, 7) is 3.31. The lowest BCUT2D eigenvalue weighted by molar-refractivity contribution is -0.0544. The number of oxime groups is 1. The predicted molar refractivity (Wildman–Crippen MR) is 109 cm³/mol. The molecule has 0 bridgehead atoms. The number of anilines is 1. The number of methoxy groups -OCH3 is 1. The molecule has 2 heterocycles. The number of likely N-dealkylation sites (tertiary alicyclic amines) is 1. The number of rotatable bonds is 3. The second kappa shape index (κ2) is 7.54. The van der Waals surface area contributed by atoms with E-state index in [1.165, 1.54) is 0 Å². The Morgan fingerprint density at radius 3 is 2.71 bits per heavy atom. The fourth-order valence-electron chi connectivity index (χ4n) is 3.79. The average molecular weight is 379 g/mol. The minimum absolute atomic E-state index is 0.0626. The van der Waals surface area contributed by atoms with E-state index in [0.29, 0.717) is 13.1 Å². The van der Waals surface area contributed by atoms with Crippen molar-refractivity contribution in [3.8, 4) is 5.75 Å².